The minimum absolute atomic E-state index is 0.0810. The lowest BCUT2D eigenvalue weighted by molar-refractivity contribution is 0.431. The average Bonchev–Trinajstić information content (AvgIpc) is 3.00. The molecule has 1 aromatic carbocycles. The van der Waals surface area contributed by atoms with E-state index in [4.69, 9.17) is 20.5 Å². The van der Waals surface area contributed by atoms with Gasteiger partial charge in [-0.15, -0.1) is 0 Å². The van der Waals surface area contributed by atoms with E-state index in [2.05, 4.69) is 10.1 Å². The highest BCUT2D eigenvalue weighted by atomic mass is 35.5. The van der Waals surface area contributed by atoms with Crippen LogP contribution in [0, 0.1) is 0 Å². The second kappa shape index (κ2) is 4.19. The van der Waals surface area contributed by atoms with Crippen LogP contribution in [-0.2, 0) is 0 Å². The maximum Gasteiger partial charge on any atom is 0.259 e. The molecule has 3 rings (SSSR count). The Labute approximate surface area is 107 Å². The van der Waals surface area contributed by atoms with Gasteiger partial charge in [0.05, 0.1) is 22.4 Å². The van der Waals surface area contributed by atoms with Gasteiger partial charge < -0.3 is 14.0 Å². The van der Waals surface area contributed by atoms with E-state index in [1.807, 2.05) is 0 Å². The lowest BCUT2D eigenvalue weighted by atomic mass is 10.2. The first kappa shape index (κ1) is 10.9. The second-order valence-electron chi connectivity index (χ2n) is 3.60. The fourth-order valence-corrected chi connectivity index (χ4v) is 1.72. The van der Waals surface area contributed by atoms with Crippen LogP contribution in [0.1, 0.15) is 0 Å². The van der Waals surface area contributed by atoms with Crippen molar-refractivity contribution in [2.24, 2.45) is 0 Å². The molecule has 18 heavy (non-hydrogen) atoms. The van der Waals surface area contributed by atoms with Gasteiger partial charge in [-0.1, -0.05) is 16.8 Å². The van der Waals surface area contributed by atoms with Crippen LogP contribution in [0.15, 0.2) is 45.7 Å². The molecule has 0 atom stereocenters. The normalized spacial score (nSPS) is 10.7. The maximum atomic E-state index is 9.43. The number of phenols is 1. The third-order valence-corrected chi connectivity index (χ3v) is 2.72. The number of nitrogens with zero attached hydrogens (tertiary/aromatic N) is 2. The van der Waals surface area contributed by atoms with Crippen LogP contribution >= 0.6 is 11.6 Å². The molecule has 0 saturated carbocycles. The highest BCUT2D eigenvalue weighted by Crippen LogP contribution is 2.31. The van der Waals surface area contributed by atoms with E-state index < -0.39 is 0 Å². The number of hydrogen-bond acceptors (Lipinski definition) is 5. The SMILES string of the molecule is Oc1ccc(Cl)c(-c2nc(-c3ccoc3)no2)c1. The van der Waals surface area contributed by atoms with Crippen molar-refractivity contribution in [1.82, 2.24) is 10.1 Å². The molecule has 1 N–H and O–H groups in total. The summed E-state index contributed by atoms with van der Waals surface area (Å²) in [4.78, 5) is 4.19. The van der Waals surface area contributed by atoms with E-state index in [-0.39, 0.29) is 11.6 Å². The molecule has 6 heteroatoms. The van der Waals surface area contributed by atoms with Crippen molar-refractivity contribution in [2.75, 3.05) is 0 Å². The van der Waals surface area contributed by atoms with Gasteiger partial charge in [0.25, 0.3) is 5.89 Å². The Bertz CT molecular complexity index is 676. The van der Waals surface area contributed by atoms with Crippen LogP contribution in [0.25, 0.3) is 22.8 Å². The minimum atomic E-state index is 0.0810. The van der Waals surface area contributed by atoms with E-state index in [0.29, 0.717) is 22.0 Å². The smallest absolute Gasteiger partial charge is 0.259 e. The van der Waals surface area contributed by atoms with Crippen molar-refractivity contribution in [3.8, 4) is 28.6 Å². The summed E-state index contributed by atoms with van der Waals surface area (Å²) in [6, 6.07) is 6.24. The number of phenolic OH excluding ortho intramolecular Hbond substituents is 1. The van der Waals surface area contributed by atoms with Crippen LogP contribution in [0.5, 0.6) is 5.75 Å². The minimum Gasteiger partial charge on any atom is -0.508 e. The molecule has 0 amide bonds. The summed E-state index contributed by atoms with van der Waals surface area (Å²) in [6.07, 6.45) is 3.03. The molecule has 5 nitrogen and oxygen atoms in total. The van der Waals surface area contributed by atoms with Gasteiger partial charge in [-0.25, -0.2) is 0 Å². The second-order valence-corrected chi connectivity index (χ2v) is 4.01. The van der Waals surface area contributed by atoms with Gasteiger partial charge in [0, 0.05) is 0 Å². The predicted octanol–water partition coefficient (Wildman–Crippen LogP) is 3.36. The zero-order valence-corrected chi connectivity index (χ0v) is 9.76. The summed E-state index contributed by atoms with van der Waals surface area (Å²) in [5.41, 5.74) is 1.19. The van der Waals surface area contributed by atoms with Crippen molar-refractivity contribution in [2.45, 2.75) is 0 Å². The molecule has 0 radical (unpaired) electrons. The Morgan fingerprint density at radius 3 is 2.89 bits per heavy atom. The predicted molar refractivity (Wildman–Crippen MR) is 64.1 cm³/mol. The molecule has 0 aliphatic rings. The fourth-order valence-electron chi connectivity index (χ4n) is 1.52. The van der Waals surface area contributed by atoms with Crippen molar-refractivity contribution in [1.29, 1.82) is 0 Å². The lowest BCUT2D eigenvalue weighted by Gasteiger charge is -1.98. The average molecular weight is 263 g/mol. The molecule has 0 fully saturated rings. The van der Waals surface area contributed by atoms with E-state index in [1.54, 1.807) is 12.1 Å². The van der Waals surface area contributed by atoms with Crippen LogP contribution in [0.4, 0.5) is 0 Å². The summed E-state index contributed by atoms with van der Waals surface area (Å²) in [6.45, 7) is 0. The topological polar surface area (TPSA) is 72.3 Å². The van der Waals surface area contributed by atoms with Crippen LogP contribution in [0.3, 0.4) is 0 Å². The Morgan fingerprint density at radius 2 is 2.11 bits per heavy atom. The van der Waals surface area contributed by atoms with E-state index in [0.717, 1.165) is 0 Å². The summed E-state index contributed by atoms with van der Waals surface area (Å²) in [7, 11) is 0. The number of rotatable bonds is 2. The van der Waals surface area contributed by atoms with Gasteiger partial charge in [0.15, 0.2) is 0 Å². The van der Waals surface area contributed by atoms with Crippen molar-refractivity contribution in [3.05, 3.63) is 41.8 Å². The van der Waals surface area contributed by atoms with Gasteiger partial charge in [-0.05, 0) is 24.3 Å². The fraction of sp³-hybridized carbons (Fsp3) is 0. The molecule has 90 valence electrons. The highest BCUT2D eigenvalue weighted by Gasteiger charge is 2.14. The largest absolute Gasteiger partial charge is 0.508 e. The van der Waals surface area contributed by atoms with Crippen LogP contribution in [0.2, 0.25) is 5.02 Å². The molecular weight excluding hydrogens is 256 g/mol. The number of aromatic nitrogens is 2. The molecule has 0 bridgehead atoms. The number of aromatic hydroxyl groups is 1. The molecule has 0 spiro atoms. The summed E-state index contributed by atoms with van der Waals surface area (Å²) < 4.78 is 10.1. The van der Waals surface area contributed by atoms with Crippen LogP contribution in [-0.4, -0.2) is 15.2 Å². The number of benzene rings is 1. The molecule has 0 aliphatic carbocycles. The third kappa shape index (κ3) is 1.84. The Kier molecular flexibility index (Phi) is 2.53. The highest BCUT2D eigenvalue weighted by molar-refractivity contribution is 6.33. The molecule has 0 unspecified atom stereocenters. The monoisotopic (exact) mass is 262 g/mol. The zero-order valence-electron chi connectivity index (χ0n) is 9.00. The zero-order chi connectivity index (χ0) is 12.5. The number of furan rings is 1. The third-order valence-electron chi connectivity index (χ3n) is 2.39. The quantitative estimate of drug-likeness (QED) is 0.767. The van der Waals surface area contributed by atoms with Gasteiger partial charge in [-0.3, -0.25) is 0 Å². The first-order valence-corrected chi connectivity index (χ1v) is 5.47. The molecule has 0 aliphatic heterocycles. The molecule has 3 aromatic rings. The van der Waals surface area contributed by atoms with E-state index in [1.165, 1.54) is 24.7 Å². The van der Waals surface area contributed by atoms with Gasteiger partial charge in [-0.2, -0.15) is 4.98 Å². The van der Waals surface area contributed by atoms with Gasteiger partial charge in [0.2, 0.25) is 5.82 Å². The number of halogens is 1. The lowest BCUT2D eigenvalue weighted by Crippen LogP contribution is -1.80. The molecule has 2 aromatic heterocycles. The Balaban J connectivity index is 2.05. The van der Waals surface area contributed by atoms with Crippen molar-refractivity contribution >= 4 is 11.6 Å². The first-order chi connectivity index (χ1) is 8.74. The standard InChI is InChI=1S/C12H7ClN2O3/c13-10-2-1-8(16)5-9(10)12-14-11(15-18-12)7-3-4-17-6-7/h1-6,16H. The molecule has 2 heterocycles. The van der Waals surface area contributed by atoms with Gasteiger partial charge >= 0.3 is 0 Å². The number of hydrogen-bond donors (Lipinski definition) is 1. The molecule has 0 saturated heterocycles. The van der Waals surface area contributed by atoms with Crippen molar-refractivity contribution in [3.63, 3.8) is 0 Å². The van der Waals surface area contributed by atoms with Crippen molar-refractivity contribution < 1.29 is 14.0 Å². The summed E-state index contributed by atoms with van der Waals surface area (Å²) in [5.74, 6) is 0.725. The first-order valence-electron chi connectivity index (χ1n) is 5.09. The van der Waals surface area contributed by atoms with Crippen LogP contribution < -0.4 is 0 Å². The van der Waals surface area contributed by atoms with E-state index >= 15 is 0 Å². The van der Waals surface area contributed by atoms with Gasteiger partial charge in [0.1, 0.15) is 12.0 Å². The maximum absolute atomic E-state index is 9.43. The summed E-state index contributed by atoms with van der Waals surface area (Å²) in [5, 5.41) is 13.7. The summed E-state index contributed by atoms with van der Waals surface area (Å²) >= 11 is 6.01. The Hall–Kier alpha value is -2.27. The molecular formula is C12H7ClN2O3. The Morgan fingerprint density at radius 1 is 1.22 bits per heavy atom. The van der Waals surface area contributed by atoms with E-state index in [9.17, 15) is 5.11 Å².